The molecule has 1 fully saturated rings. The fourth-order valence-electron chi connectivity index (χ4n) is 4.77. The summed E-state index contributed by atoms with van der Waals surface area (Å²) in [5, 5.41) is 0. The Labute approximate surface area is 348 Å². The normalized spacial score (nSPS) is 16.9. The van der Waals surface area contributed by atoms with Gasteiger partial charge in [-0.15, -0.1) is 0 Å². The van der Waals surface area contributed by atoms with Crippen LogP contribution >= 0.6 is 0 Å². The van der Waals surface area contributed by atoms with E-state index in [4.69, 9.17) is 0 Å². The van der Waals surface area contributed by atoms with Gasteiger partial charge in [0.25, 0.3) is 0 Å². The zero-order valence-electron chi connectivity index (χ0n) is 22.2. The molecular weight excluding hydrogens is 1490 g/mol. The van der Waals surface area contributed by atoms with Crippen molar-refractivity contribution in [3.63, 3.8) is 0 Å². The van der Waals surface area contributed by atoms with Gasteiger partial charge in [0.05, 0.1) is 0 Å². The molecule has 0 unspecified atom stereocenters. The van der Waals surface area contributed by atoms with E-state index >= 15 is 0 Å². The van der Waals surface area contributed by atoms with Crippen LogP contribution in [0.5, 0.6) is 0 Å². The second-order valence-corrected chi connectivity index (χ2v) is 17.3. The number of hydrogen-bond acceptors (Lipinski definition) is 4. The molecule has 1 amide bonds. The first-order valence-electron chi connectivity index (χ1n) is 13.3. The van der Waals surface area contributed by atoms with Crippen molar-refractivity contribution in [1.82, 2.24) is 19.6 Å². The summed E-state index contributed by atoms with van der Waals surface area (Å²) in [6.45, 7) is 9.93. The predicted molar refractivity (Wildman–Crippen MR) is 141 cm³/mol. The molecule has 3 aromatic carbocycles. The van der Waals surface area contributed by atoms with Crippen LogP contribution in [0.25, 0.3) is 0 Å². The Morgan fingerprint density at radius 2 is 0.829 bits per heavy atom. The van der Waals surface area contributed by atoms with Crippen LogP contribution in [0.15, 0.2) is 54.6 Å². The fourth-order valence-corrected chi connectivity index (χ4v) is 10.6. The van der Waals surface area contributed by atoms with Crippen LogP contribution in [0.2, 0.25) is 0 Å². The van der Waals surface area contributed by atoms with Crippen molar-refractivity contribution in [1.29, 1.82) is 0 Å². The van der Waals surface area contributed by atoms with E-state index in [9.17, 15) is 4.79 Å². The number of rotatable bonds is 7. The summed E-state index contributed by atoms with van der Waals surface area (Å²) in [4.78, 5) is 21.8. The standard InChI is InChI=1S/C30H32N4O.3Er.3Re/c35-27-34-22-20-32(25-29-12-6-2-7-13-29)18-16-31(24-28-10-4-1-5-11-28)17-19-33(21-23-34)26-30-14-8-3-9-15-30;;;;;;/h1-9,27H,16-26H2;;;;;;. The molecule has 1 aliphatic heterocycles. The number of nitrogens with zero attached hydrogens (tertiary/aromatic N) is 4. The third-order valence-corrected chi connectivity index (χ3v) is 13.6. The Morgan fingerprint density at radius 3 is 1.10 bits per heavy atom. The maximum absolute atomic E-state index is 12.1. The molecule has 0 atom stereocenters. The second-order valence-electron chi connectivity index (χ2n) is 9.93. The summed E-state index contributed by atoms with van der Waals surface area (Å²) < 4.78 is 8.01. The third kappa shape index (κ3) is 11.4. The molecule has 0 spiro atoms. The second kappa shape index (κ2) is 18.9. The molecule has 5 nitrogen and oxygen atoms in total. The van der Waals surface area contributed by atoms with E-state index < -0.39 is 0 Å². The molecule has 1 aliphatic rings. The van der Waals surface area contributed by atoms with E-state index in [0.29, 0.717) is 0 Å². The van der Waals surface area contributed by atoms with Gasteiger partial charge in [-0.1, -0.05) is 0 Å². The number of benzene rings is 3. The van der Waals surface area contributed by atoms with E-state index in [0.717, 1.165) is 78.4 Å². The van der Waals surface area contributed by atoms with Crippen LogP contribution < -0.4 is 17.3 Å². The van der Waals surface area contributed by atoms with E-state index in [1.165, 1.54) is 34.0 Å². The van der Waals surface area contributed by atoms with Gasteiger partial charge in [-0.25, -0.2) is 0 Å². The summed E-state index contributed by atoms with van der Waals surface area (Å²) >= 11 is 14.0. The molecule has 0 saturated carbocycles. The first-order valence-corrected chi connectivity index (χ1v) is 20.1. The van der Waals surface area contributed by atoms with Gasteiger partial charge in [0.1, 0.15) is 0 Å². The fraction of sp³-hybridized carbons (Fsp3) is 0.367. The van der Waals surface area contributed by atoms with Gasteiger partial charge in [0, 0.05) is 0 Å². The van der Waals surface area contributed by atoms with Crippen molar-refractivity contribution < 1.29 is 169 Å². The van der Waals surface area contributed by atoms with E-state index in [1.54, 1.807) is 57.6 Å². The number of carbonyl (C=O) groups is 1. The van der Waals surface area contributed by atoms with Crippen LogP contribution in [0.1, 0.15) is 16.7 Å². The average molecular weight is 1530 g/mol. The predicted octanol–water partition coefficient (Wildman–Crippen LogP) is -0.995. The van der Waals surface area contributed by atoms with Crippen LogP contribution in [0.4, 0.5) is 0 Å². The van der Waals surface area contributed by atoms with Crippen molar-refractivity contribution in [3.8, 4) is 0 Å². The van der Waals surface area contributed by atoms with Crippen LogP contribution in [0, 0.1) is 106 Å². The van der Waals surface area contributed by atoms with E-state index in [-0.39, 0.29) is 0 Å². The van der Waals surface area contributed by atoms with Crippen molar-refractivity contribution in [2.45, 2.75) is 19.6 Å². The maximum atomic E-state index is 12.1. The van der Waals surface area contributed by atoms with Gasteiger partial charge in [-0.3, -0.25) is 0 Å². The molecule has 0 radical (unpaired) electrons. The molecule has 41 heavy (non-hydrogen) atoms. The molecule has 11 heteroatoms. The molecule has 0 aromatic heterocycles. The Kier molecular flexibility index (Phi) is 16.9. The summed E-state index contributed by atoms with van der Waals surface area (Å²) in [5.74, 6) is 0. The number of amides is 1. The van der Waals surface area contributed by atoms with Gasteiger partial charge < -0.3 is 0 Å². The molecule has 4 rings (SSSR count). The quantitative estimate of drug-likeness (QED) is 0.285. The Bertz CT molecular complexity index is 1200. The molecule has 0 bridgehead atoms. The molecule has 0 N–H and O–H groups in total. The molecule has 3 aromatic rings. The Morgan fingerprint density at radius 1 is 0.537 bits per heavy atom. The zero-order chi connectivity index (χ0) is 29.4. The Balaban J connectivity index is 1.58. The summed E-state index contributed by atoms with van der Waals surface area (Å²) in [6, 6.07) is 19.7. The molecule has 235 valence electrons. The van der Waals surface area contributed by atoms with Gasteiger partial charge in [-0.2, -0.15) is 0 Å². The number of carbonyl (C=O) groups excluding carboxylic acids is 1. The topological polar surface area (TPSA) is 30.0 Å². The van der Waals surface area contributed by atoms with Gasteiger partial charge in [0.2, 0.25) is 0 Å². The van der Waals surface area contributed by atoms with Gasteiger partial charge in [0.15, 0.2) is 0 Å². The first-order chi connectivity index (χ1) is 19.7. The monoisotopic (exact) mass is 1520 g/mol. The SMILES string of the molecule is O=CN1CCN(Cc2[c]([Er])ccc[c]2[Re])CCN(Cc2[c]([Er])ccc[c]2[Re])CCN(Cc2[c]([Er])ccc[c]2[Re])CC1. The minimum absolute atomic E-state index is 0.748. The average Bonchev–Trinajstić information content (AvgIpc) is 2.94. The first kappa shape index (κ1) is 36.6. The van der Waals surface area contributed by atoms with Gasteiger partial charge >= 0.3 is 355 Å². The van der Waals surface area contributed by atoms with Crippen molar-refractivity contribution in [3.05, 3.63) is 71.3 Å². The number of hydrogen-bond donors (Lipinski definition) is 0. The zero-order valence-corrected chi connectivity index (χ0v) is 36.0. The third-order valence-electron chi connectivity index (χ3n) is 7.23. The Hall–Kier alpha value is 2.74. The van der Waals surface area contributed by atoms with Crippen LogP contribution in [0.3, 0.4) is 0 Å². The van der Waals surface area contributed by atoms with Crippen molar-refractivity contribution in [2.24, 2.45) is 0 Å². The van der Waals surface area contributed by atoms with Crippen molar-refractivity contribution in [2.75, 3.05) is 52.4 Å². The molecule has 1 saturated heterocycles. The molecule has 1 heterocycles. The van der Waals surface area contributed by atoms with E-state index in [1.807, 2.05) is 4.90 Å². The summed E-state index contributed by atoms with van der Waals surface area (Å²) in [6.07, 6.45) is 1.05. The minimum atomic E-state index is 0.748. The summed E-state index contributed by atoms with van der Waals surface area (Å²) in [5.41, 5.74) is 4.24. The van der Waals surface area contributed by atoms with Gasteiger partial charge in [-0.05, 0) is 0 Å². The summed E-state index contributed by atoms with van der Waals surface area (Å²) in [7, 11) is 0. The van der Waals surface area contributed by atoms with E-state index in [2.05, 4.69) is 175 Å². The van der Waals surface area contributed by atoms with Crippen LogP contribution in [-0.2, 0) is 82.0 Å². The van der Waals surface area contributed by atoms with Crippen LogP contribution in [-0.4, -0.2) is 78.4 Å². The molecule has 0 aliphatic carbocycles. The van der Waals surface area contributed by atoms with Crippen molar-refractivity contribution >= 4 is 23.7 Å². The molecular formula is C30H32Er3N4ORe3.